The zero-order valence-corrected chi connectivity index (χ0v) is 12.8. The Morgan fingerprint density at radius 2 is 1.87 bits per heavy atom. The van der Waals surface area contributed by atoms with Crippen LogP contribution in [0.25, 0.3) is 0 Å². The third-order valence-electron chi connectivity index (χ3n) is 3.12. The monoisotopic (exact) mass is 313 g/mol. The number of carbonyl (C=O) groups is 2. The van der Waals surface area contributed by atoms with Crippen LogP contribution in [0.5, 0.6) is 11.5 Å². The lowest BCUT2D eigenvalue weighted by molar-refractivity contribution is -0.116. The zero-order valence-electron chi connectivity index (χ0n) is 12.8. The number of nitrogen functional groups attached to an aromatic ring is 1. The topological polar surface area (TPSA) is 107 Å². The average molecular weight is 313 g/mol. The Kier molecular flexibility index (Phi) is 5.19. The van der Waals surface area contributed by atoms with Gasteiger partial charge in [0.25, 0.3) is 0 Å². The number of nitrogens with one attached hydrogen (secondary N) is 1. The van der Waals surface area contributed by atoms with Gasteiger partial charge in [-0.3, -0.25) is 9.59 Å². The molecule has 0 fully saturated rings. The van der Waals surface area contributed by atoms with Crippen molar-refractivity contribution in [3.63, 3.8) is 0 Å². The van der Waals surface area contributed by atoms with Crippen LogP contribution in [-0.4, -0.2) is 11.8 Å². The first-order valence-electron chi connectivity index (χ1n) is 7.27. The van der Waals surface area contributed by atoms with Crippen molar-refractivity contribution < 1.29 is 14.3 Å². The van der Waals surface area contributed by atoms with Crippen LogP contribution in [0.3, 0.4) is 0 Å². The molecule has 0 heterocycles. The molecule has 2 amide bonds. The number of carbonyl (C=O) groups excluding carboxylic acids is 2. The minimum Gasteiger partial charge on any atom is -0.453 e. The molecule has 0 spiro atoms. The number of anilines is 2. The Labute approximate surface area is 134 Å². The molecule has 2 aromatic rings. The van der Waals surface area contributed by atoms with Gasteiger partial charge in [0.2, 0.25) is 11.8 Å². The number of hydrogen-bond acceptors (Lipinski definition) is 4. The summed E-state index contributed by atoms with van der Waals surface area (Å²) in [6.07, 6.45) is 1.05. The van der Waals surface area contributed by atoms with E-state index < -0.39 is 5.91 Å². The van der Waals surface area contributed by atoms with E-state index >= 15 is 0 Å². The van der Waals surface area contributed by atoms with Gasteiger partial charge in [-0.15, -0.1) is 0 Å². The Morgan fingerprint density at radius 3 is 2.48 bits per heavy atom. The highest BCUT2D eigenvalue weighted by molar-refractivity contribution is 5.99. The highest BCUT2D eigenvalue weighted by atomic mass is 16.5. The molecule has 6 heteroatoms. The molecule has 0 radical (unpaired) electrons. The lowest BCUT2D eigenvalue weighted by atomic mass is 10.1. The van der Waals surface area contributed by atoms with Crippen LogP contribution in [0.15, 0.2) is 42.5 Å². The Hall–Kier alpha value is -3.02. The first-order chi connectivity index (χ1) is 11.0. The maximum Gasteiger partial charge on any atom is 0.248 e. The molecule has 0 aliphatic carbocycles. The van der Waals surface area contributed by atoms with E-state index in [4.69, 9.17) is 16.2 Å². The third kappa shape index (κ3) is 4.23. The van der Waals surface area contributed by atoms with Crippen molar-refractivity contribution in [2.75, 3.05) is 11.1 Å². The minimum atomic E-state index is -0.631. The highest BCUT2D eigenvalue weighted by Gasteiger charge is 2.16. The summed E-state index contributed by atoms with van der Waals surface area (Å²) >= 11 is 0. The van der Waals surface area contributed by atoms with Gasteiger partial charge in [-0.25, -0.2) is 0 Å². The lowest BCUT2D eigenvalue weighted by Gasteiger charge is -2.15. The predicted molar refractivity (Wildman–Crippen MR) is 89.4 cm³/mol. The minimum absolute atomic E-state index is 0.188. The summed E-state index contributed by atoms with van der Waals surface area (Å²) in [7, 11) is 0. The molecule has 120 valence electrons. The van der Waals surface area contributed by atoms with Crippen molar-refractivity contribution in [3.8, 4) is 11.5 Å². The van der Waals surface area contributed by atoms with Crippen molar-refractivity contribution in [1.82, 2.24) is 0 Å². The smallest absolute Gasteiger partial charge is 0.248 e. The first kappa shape index (κ1) is 16.4. The van der Waals surface area contributed by atoms with E-state index in [-0.39, 0.29) is 22.9 Å². The van der Waals surface area contributed by atoms with Gasteiger partial charge < -0.3 is 21.5 Å². The molecule has 0 saturated heterocycles. The van der Waals surface area contributed by atoms with Crippen LogP contribution in [0.4, 0.5) is 11.4 Å². The normalized spacial score (nSPS) is 10.1. The van der Waals surface area contributed by atoms with Gasteiger partial charge in [0, 0.05) is 12.0 Å². The molecule has 0 aromatic heterocycles. The molecule has 0 bridgehead atoms. The number of amides is 2. The summed E-state index contributed by atoms with van der Waals surface area (Å²) in [5.74, 6) is 0.0306. The van der Waals surface area contributed by atoms with Gasteiger partial charge >= 0.3 is 0 Å². The molecule has 0 aliphatic heterocycles. The van der Waals surface area contributed by atoms with E-state index in [9.17, 15) is 9.59 Å². The fraction of sp³-hybridized carbons (Fsp3) is 0.176. The summed E-state index contributed by atoms with van der Waals surface area (Å²) in [4.78, 5) is 23.3. The second kappa shape index (κ2) is 7.31. The predicted octanol–water partition coefficient (Wildman–Crippen LogP) is 2.90. The number of nitrogens with two attached hydrogens (primary N) is 2. The molecule has 0 unspecified atom stereocenters. The van der Waals surface area contributed by atoms with E-state index in [1.807, 2.05) is 25.1 Å². The fourth-order valence-electron chi connectivity index (χ4n) is 2.05. The van der Waals surface area contributed by atoms with Gasteiger partial charge in [0.1, 0.15) is 5.75 Å². The zero-order chi connectivity index (χ0) is 16.8. The van der Waals surface area contributed by atoms with Crippen molar-refractivity contribution in [2.24, 2.45) is 5.73 Å². The van der Waals surface area contributed by atoms with Crippen LogP contribution in [0.1, 0.15) is 30.1 Å². The van der Waals surface area contributed by atoms with E-state index in [1.165, 1.54) is 12.1 Å². The largest absolute Gasteiger partial charge is 0.453 e. The van der Waals surface area contributed by atoms with Crippen LogP contribution >= 0.6 is 0 Å². The average Bonchev–Trinajstić information content (AvgIpc) is 2.51. The summed E-state index contributed by atoms with van der Waals surface area (Å²) in [5.41, 5.74) is 12.0. The molecule has 0 aliphatic rings. The second-order valence-electron chi connectivity index (χ2n) is 5.02. The quantitative estimate of drug-likeness (QED) is 0.712. The molecule has 2 aromatic carbocycles. The standard InChI is InChI=1S/C17H19N3O3/c1-2-6-15(21)20-14-10-11(17(19)22)9-13(18)16(14)23-12-7-4-3-5-8-12/h3-5,7-10H,2,6,18H2,1H3,(H2,19,22)(H,20,21). The SMILES string of the molecule is CCCC(=O)Nc1cc(C(N)=O)cc(N)c1Oc1ccccc1. The molecule has 6 nitrogen and oxygen atoms in total. The number of ether oxygens (including phenoxy) is 1. The molecular weight excluding hydrogens is 294 g/mol. The van der Waals surface area contributed by atoms with Crippen LogP contribution in [0.2, 0.25) is 0 Å². The first-order valence-corrected chi connectivity index (χ1v) is 7.27. The van der Waals surface area contributed by atoms with E-state index in [0.29, 0.717) is 24.3 Å². The number of rotatable bonds is 6. The maximum atomic E-state index is 11.9. The molecule has 5 N–H and O–H groups in total. The fourth-order valence-corrected chi connectivity index (χ4v) is 2.05. The van der Waals surface area contributed by atoms with Crippen LogP contribution in [0, 0.1) is 0 Å². The summed E-state index contributed by atoms with van der Waals surface area (Å²) in [5, 5.41) is 2.72. The highest BCUT2D eigenvalue weighted by Crippen LogP contribution is 2.36. The van der Waals surface area contributed by atoms with Crippen molar-refractivity contribution in [3.05, 3.63) is 48.0 Å². The second-order valence-corrected chi connectivity index (χ2v) is 5.02. The van der Waals surface area contributed by atoms with Crippen molar-refractivity contribution >= 4 is 23.2 Å². The van der Waals surface area contributed by atoms with E-state index in [0.717, 1.165) is 0 Å². The number of hydrogen-bond donors (Lipinski definition) is 3. The van der Waals surface area contributed by atoms with E-state index in [1.54, 1.807) is 12.1 Å². The molecular formula is C17H19N3O3. The molecule has 0 atom stereocenters. The molecule has 23 heavy (non-hydrogen) atoms. The van der Waals surface area contributed by atoms with Gasteiger partial charge in [-0.05, 0) is 30.7 Å². The van der Waals surface area contributed by atoms with Gasteiger partial charge in [-0.1, -0.05) is 25.1 Å². The third-order valence-corrected chi connectivity index (χ3v) is 3.12. The van der Waals surface area contributed by atoms with Crippen LogP contribution < -0.4 is 21.5 Å². The van der Waals surface area contributed by atoms with Gasteiger partial charge in [0.05, 0.1) is 11.4 Å². The lowest BCUT2D eigenvalue weighted by Crippen LogP contribution is -2.15. The van der Waals surface area contributed by atoms with E-state index in [2.05, 4.69) is 5.32 Å². The van der Waals surface area contributed by atoms with Crippen LogP contribution in [-0.2, 0) is 4.79 Å². The summed E-state index contributed by atoms with van der Waals surface area (Å²) in [6, 6.07) is 11.9. The Morgan fingerprint density at radius 1 is 1.17 bits per heavy atom. The maximum absolute atomic E-state index is 11.9. The summed E-state index contributed by atoms with van der Waals surface area (Å²) in [6.45, 7) is 1.90. The molecule has 2 rings (SSSR count). The Bertz CT molecular complexity index is 715. The number of primary amides is 1. The molecule has 0 saturated carbocycles. The van der Waals surface area contributed by atoms with Gasteiger partial charge in [0.15, 0.2) is 5.75 Å². The van der Waals surface area contributed by atoms with Gasteiger partial charge in [-0.2, -0.15) is 0 Å². The summed E-state index contributed by atoms with van der Waals surface area (Å²) < 4.78 is 5.76. The van der Waals surface area contributed by atoms with Crippen molar-refractivity contribution in [1.29, 1.82) is 0 Å². The van der Waals surface area contributed by atoms with Crippen molar-refractivity contribution in [2.45, 2.75) is 19.8 Å². The number of para-hydroxylation sites is 1. The Balaban J connectivity index is 2.41. The number of benzene rings is 2.